The topological polar surface area (TPSA) is 79.3 Å². The Bertz CT molecular complexity index is 1200. The third-order valence-corrected chi connectivity index (χ3v) is 7.38. The van der Waals surface area contributed by atoms with E-state index in [1.54, 1.807) is 23.5 Å². The Hall–Kier alpha value is -2.91. The molecule has 1 aliphatic rings. The van der Waals surface area contributed by atoms with E-state index in [1.165, 1.54) is 28.6 Å². The standard InChI is InChI=1S/C22H24FN5O2S/c1-15-13-24-11-10-18(15)19-14-25-22(27(2)3)26-21(19)20-5-4-12-28(20)31(29,30)17-8-6-16(23)7-9-17/h6-11,13-14,20H,4-5,12H2,1-3H3. The number of hydrogen-bond donors (Lipinski definition) is 0. The Morgan fingerprint density at radius 1 is 1.10 bits per heavy atom. The fourth-order valence-corrected chi connectivity index (χ4v) is 5.54. The van der Waals surface area contributed by atoms with Crippen molar-refractivity contribution in [2.75, 3.05) is 25.5 Å². The zero-order chi connectivity index (χ0) is 22.2. The number of sulfonamides is 1. The molecule has 2 aromatic heterocycles. The minimum atomic E-state index is -3.81. The van der Waals surface area contributed by atoms with Gasteiger partial charge in [0.2, 0.25) is 16.0 Å². The summed E-state index contributed by atoms with van der Waals surface area (Å²) in [7, 11) is -0.124. The monoisotopic (exact) mass is 441 g/mol. The third kappa shape index (κ3) is 4.03. The van der Waals surface area contributed by atoms with Crippen LogP contribution in [0.25, 0.3) is 11.1 Å². The maximum atomic E-state index is 13.4. The van der Waals surface area contributed by atoms with Crippen molar-refractivity contribution in [3.05, 3.63) is 66.0 Å². The van der Waals surface area contributed by atoms with E-state index >= 15 is 0 Å². The van der Waals surface area contributed by atoms with Gasteiger partial charge in [-0.25, -0.2) is 22.8 Å². The normalized spacial score (nSPS) is 17.1. The Morgan fingerprint density at radius 3 is 2.52 bits per heavy atom. The van der Waals surface area contributed by atoms with Gasteiger partial charge in [-0.3, -0.25) is 4.98 Å². The molecule has 1 aromatic carbocycles. The lowest BCUT2D eigenvalue weighted by molar-refractivity contribution is 0.391. The van der Waals surface area contributed by atoms with Gasteiger partial charge in [0.25, 0.3) is 0 Å². The van der Waals surface area contributed by atoms with E-state index in [0.29, 0.717) is 31.0 Å². The van der Waals surface area contributed by atoms with E-state index in [4.69, 9.17) is 4.98 Å². The van der Waals surface area contributed by atoms with E-state index in [9.17, 15) is 12.8 Å². The van der Waals surface area contributed by atoms with Gasteiger partial charge in [0.1, 0.15) is 5.82 Å². The molecule has 0 amide bonds. The van der Waals surface area contributed by atoms with Gasteiger partial charge in [-0.15, -0.1) is 0 Å². The Balaban J connectivity index is 1.84. The van der Waals surface area contributed by atoms with Crippen LogP contribution in [0.2, 0.25) is 0 Å². The highest BCUT2D eigenvalue weighted by Crippen LogP contribution is 2.40. The van der Waals surface area contributed by atoms with Crippen LogP contribution >= 0.6 is 0 Å². The Labute approximate surface area is 181 Å². The second kappa shape index (κ2) is 8.32. The maximum Gasteiger partial charge on any atom is 0.243 e. The molecule has 0 radical (unpaired) electrons. The van der Waals surface area contributed by atoms with Crippen molar-refractivity contribution in [3.8, 4) is 11.1 Å². The van der Waals surface area contributed by atoms with Gasteiger partial charge in [-0.2, -0.15) is 4.31 Å². The molecule has 162 valence electrons. The number of aryl methyl sites for hydroxylation is 1. The summed E-state index contributed by atoms with van der Waals surface area (Å²) in [5.74, 6) is 0.0373. The summed E-state index contributed by atoms with van der Waals surface area (Å²) < 4.78 is 41.6. The summed E-state index contributed by atoms with van der Waals surface area (Å²) >= 11 is 0. The van der Waals surface area contributed by atoms with Gasteiger partial charge in [0.15, 0.2) is 0 Å². The molecule has 1 atom stereocenters. The lowest BCUT2D eigenvalue weighted by Gasteiger charge is -2.26. The van der Waals surface area contributed by atoms with Crippen LogP contribution in [-0.2, 0) is 10.0 Å². The Kier molecular flexibility index (Phi) is 5.72. The fourth-order valence-electron chi connectivity index (χ4n) is 3.88. The number of benzene rings is 1. The molecule has 4 rings (SSSR count). The molecule has 7 nitrogen and oxygen atoms in total. The summed E-state index contributed by atoms with van der Waals surface area (Å²) in [6.45, 7) is 2.33. The number of halogens is 1. The van der Waals surface area contributed by atoms with Crippen molar-refractivity contribution >= 4 is 16.0 Å². The highest BCUT2D eigenvalue weighted by molar-refractivity contribution is 7.89. The number of rotatable bonds is 5. The quantitative estimate of drug-likeness (QED) is 0.602. The van der Waals surface area contributed by atoms with Crippen LogP contribution in [0.3, 0.4) is 0 Å². The molecule has 1 aliphatic heterocycles. The first kappa shape index (κ1) is 21.3. The van der Waals surface area contributed by atoms with Crippen LogP contribution in [0.4, 0.5) is 10.3 Å². The summed E-state index contributed by atoms with van der Waals surface area (Å²) in [5.41, 5.74) is 3.32. The minimum absolute atomic E-state index is 0.0735. The van der Waals surface area contributed by atoms with Gasteiger partial charge in [-0.1, -0.05) is 0 Å². The largest absolute Gasteiger partial charge is 0.347 e. The fraction of sp³-hybridized carbons (Fsp3) is 0.318. The molecular formula is C22H24FN5O2S. The molecular weight excluding hydrogens is 417 g/mol. The molecule has 1 saturated heterocycles. The number of anilines is 1. The maximum absolute atomic E-state index is 13.4. The van der Waals surface area contributed by atoms with E-state index in [0.717, 1.165) is 16.7 Å². The van der Waals surface area contributed by atoms with E-state index in [1.807, 2.05) is 27.1 Å². The molecule has 31 heavy (non-hydrogen) atoms. The van der Waals surface area contributed by atoms with Crippen LogP contribution in [0.1, 0.15) is 30.1 Å². The lowest BCUT2D eigenvalue weighted by atomic mass is 9.98. The number of pyridine rings is 1. The van der Waals surface area contributed by atoms with Crippen molar-refractivity contribution in [1.29, 1.82) is 0 Å². The summed E-state index contributed by atoms with van der Waals surface area (Å²) in [6, 6.07) is 6.38. The number of hydrogen-bond acceptors (Lipinski definition) is 6. The molecule has 9 heteroatoms. The molecule has 1 fully saturated rings. The summed E-state index contributed by atoms with van der Waals surface area (Å²) in [5, 5.41) is 0. The first-order valence-corrected chi connectivity index (χ1v) is 11.5. The van der Waals surface area contributed by atoms with E-state index in [2.05, 4.69) is 9.97 Å². The van der Waals surface area contributed by atoms with Crippen molar-refractivity contribution in [2.24, 2.45) is 0 Å². The smallest absolute Gasteiger partial charge is 0.243 e. The SMILES string of the molecule is Cc1cnccc1-c1cnc(N(C)C)nc1C1CCCN1S(=O)(=O)c1ccc(F)cc1. The lowest BCUT2D eigenvalue weighted by Crippen LogP contribution is -2.31. The minimum Gasteiger partial charge on any atom is -0.347 e. The molecule has 0 N–H and O–H groups in total. The van der Waals surface area contributed by atoms with E-state index < -0.39 is 21.9 Å². The molecule has 0 saturated carbocycles. The van der Waals surface area contributed by atoms with E-state index in [-0.39, 0.29) is 4.90 Å². The van der Waals surface area contributed by atoms with Gasteiger partial charge >= 0.3 is 0 Å². The second-order valence-corrected chi connectivity index (χ2v) is 9.67. The first-order valence-electron chi connectivity index (χ1n) is 10.0. The highest BCUT2D eigenvalue weighted by atomic mass is 32.2. The number of aromatic nitrogens is 3. The zero-order valence-electron chi connectivity index (χ0n) is 17.7. The van der Waals surface area contributed by atoms with Gasteiger partial charge in [-0.05, 0) is 61.2 Å². The van der Waals surface area contributed by atoms with Crippen molar-refractivity contribution in [1.82, 2.24) is 19.3 Å². The number of nitrogens with zero attached hydrogens (tertiary/aromatic N) is 5. The molecule has 1 unspecified atom stereocenters. The molecule has 3 heterocycles. The molecule has 0 spiro atoms. The average Bonchev–Trinajstić information content (AvgIpc) is 3.25. The van der Waals surface area contributed by atoms with Crippen molar-refractivity contribution in [3.63, 3.8) is 0 Å². The van der Waals surface area contributed by atoms with Crippen LogP contribution in [-0.4, -0.2) is 48.3 Å². The third-order valence-electron chi connectivity index (χ3n) is 5.46. The predicted octanol–water partition coefficient (Wildman–Crippen LogP) is 3.58. The van der Waals surface area contributed by atoms with Crippen molar-refractivity contribution in [2.45, 2.75) is 30.7 Å². The second-order valence-electron chi connectivity index (χ2n) is 7.78. The van der Waals surface area contributed by atoms with Crippen molar-refractivity contribution < 1.29 is 12.8 Å². The first-order chi connectivity index (χ1) is 14.8. The van der Waals surface area contributed by atoms with Gasteiger partial charge in [0, 0.05) is 44.8 Å². The molecule has 3 aromatic rings. The summed E-state index contributed by atoms with van der Waals surface area (Å²) in [6.07, 6.45) is 6.57. The van der Waals surface area contributed by atoms with Gasteiger partial charge in [0.05, 0.1) is 16.6 Å². The molecule has 0 aliphatic carbocycles. The molecule has 0 bridgehead atoms. The summed E-state index contributed by atoms with van der Waals surface area (Å²) in [4.78, 5) is 15.3. The van der Waals surface area contributed by atoms with Gasteiger partial charge < -0.3 is 4.90 Å². The average molecular weight is 442 g/mol. The van der Waals surface area contributed by atoms with Crippen LogP contribution < -0.4 is 4.90 Å². The van der Waals surface area contributed by atoms with Crippen LogP contribution in [0.15, 0.2) is 53.8 Å². The Morgan fingerprint density at radius 2 is 1.84 bits per heavy atom. The van der Waals surface area contributed by atoms with Crippen LogP contribution in [0, 0.1) is 12.7 Å². The highest BCUT2D eigenvalue weighted by Gasteiger charge is 2.38. The van der Waals surface area contributed by atoms with Crippen LogP contribution in [0.5, 0.6) is 0 Å². The zero-order valence-corrected chi connectivity index (χ0v) is 18.5. The predicted molar refractivity (Wildman–Crippen MR) is 117 cm³/mol.